The molecule has 3 aromatic carbocycles. The fourth-order valence-corrected chi connectivity index (χ4v) is 5.80. The maximum Gasteiger partial charge on any atom is 0.348 e. The quantitative estimate of drug-likeness (QED) is 0.136. The van der Waals surface area contributed by atoms with E-state index < -0.39 is 17.6 Å². The summed E-state index contributed by atoms with van der Waals surface area (Å²) in [6.45, 7) is 4.38. The van der Waals surface area contributed by atoms with Crippen LogP contribution in [0.1, 0.15) is 67.4 Å². The van der Waals surface area contributed by atoms with E-state index in [4.69, 9.17) is 15.2 Å². The van der Waals surface area contributed by atoms with Crippen LogP contribution in [0.4, 0.5) is 10.1 Å². The van der Waals surface area contributed by atoms with Crippen molar-refractivity contribution in [3.8, 4) is 11.1 Å². The lowest BCUT2D eigenvalue weighted by Crippen LogP contribution is -2.36. The van der Waals surface area contributed by atoms with Crippen molar-refractivity contribution >= 4 is 33.6 Å². The molecule has 0 aromatic heterocycles. The molecule has 1 unspecified atom stereocenters. The number of hydrogen-bond donors (Lipinski definition) is 1. The summed E-state index contributed by atoms with van der Waals surface area (Å²) in [6, 6.07) is 20.3. The van der Waals surface area contributed by atoms with Crippen molar-refractivity contribution in [2.45, 2.75) is 64.2 Å². The van der Waals surface area contributed by atoms with E-state index in [-0.39, 0.29) is 18.8 Å². The number of alkyl halides is 1. The van der Waals surface area contributed by atoms with E-state index >= 15 is 4.39 Å². The average molecular weight is 626 g/mol. The number of nitrogens with zero attached hydrogens (tertiary/aromatic N) is 1. The van der Waals surface area contributed by atoms with E-state index in [0.717, 1.165) is 23.2 Å². The first-order valence-electron chi connectivity index (χ1n) is 14.2. The highest BCUT2D eigenvalue weighted by molar-refractivity contribution is 9.10. The van der Waals surface area contributed by atoms with Crippen LogP contribution in [-0.4, -0.2) is 42.6 Å². The van der Waals surface area contributed by atoms with Gasteiger partial charge in [-0.25, -0.2) is 14.0 Å². The van der Waals surface area contributed by atoms with Crippen LogP contribution in [0, 0.1) is 0 Å². The van der Waals surface area contributed by atoms with Crippen LogP contribution < -0.4 is 5.73 Å². The third-order valence-corrected chi connectivity index (χ3v) is 8.44. The number of benzene rings is 3. The predicted octanol–water partition coefficient (Wildman–Crippen LogP) is 7.44. The van der Waals surface area contributed by atoms with Crippen molar-refractivity contribution in [1.29, 1.82) is 0 Å². The topological polar surface area (TPSA) is 81.9 Å². The molecule has 218 valence electrons. The minimum Gasteiger partial charge on any atom is -0.459 e. The van der Waals surface area contributed by atoms with Gasteiger partial charge in [0.25, 0.3) is 0 Å². The number of carbonyl (C=O) groups excluding carboxylic acids is 2. The Morgan fingerprint density at radius 2 is 1.61 bits per heavy atom. The van der Waals surface area contributed by atoms with Gasteiger partial charge in [-0.05, 0) is 71.1 Å². The molecule has 0 aliphatic heterocycles. The smallest absolute Gasteiger partial charge is 0.348 e. The summed E-state index contributed by atoms with van der Waals surface area (Å²) >= 11 is 3.47. The number of ether oxygens (including phenoxy) is 2. The summed E-state index contributed by atoms with van der Waals surface area (Å²) in [5, 5.41) is 0. The Morgan fingerprint density at radius 1 is 0.976 bits per heavy atom. The highest BCUT2D eigenvalue weighted by Gasteiger charge is 2.37. The highest BCUT2D eigenvalue weighted by Crippen LogP contribution is 2.31. The molecule has 0 spiro atoms. The predicted molar refractivity (Wildman–Crippen MR) is 163 cm³/mol. The molecule has 1 atom stereocenters. The zero-order valence-corrected chi connectivity index (χ0v) is 25.3. The Labute approximate surface area is 250 Å². The summed E-state index contributed by atoms with van der Waals surface area (Å²) in [5.41, 5.74) is 7.91. The van der Waals surface area contributed by atoms with Crippen LogP contribution in [0.2, 0.25) is 0 Å². The molecule has 8 heteroatoms. The molecule has 1 aliphatic rings. The number of hydrogen-bond acceptors (Lipinski definition) is 6. The maximum atomic E-state index is 15.4. The van der Waals surface area contributed by atoms with Crippen molar-refractivity contribution in [3.05, 3.63) is 87.9 Å². The Morgan fingerprint density at radius 3 is 2.27 bits per heavy atom. The molecular weight excluding hydrogens is 587 g/mol. The summed E-state index contributed by atoms with van der Waals surface area (Å²) < 4.78 is 26.5. The minimum absolute atomic E-state index is 0.188. The normalized spacial score (nSPS) is 15.3. The number of anilines is 1. The van der Waals surface area contributed by atoms with Gasteiger partial charge in [-0.3, -0.25) is 4.90 Å². The van der Waals surface area contributed by atoms with Gasteiger partial charge in [-0.2, -0.15) is 0 Å². The zero-order valence-electron chi connectivity index (χ0n) is 23.7. The molecule has 0 radical (unpaired) electrons. The van der Waals surface area contributed by atoms with Gasteiger partial charge in [0.1, 0.15) is 13.2 Å². The summed E-state index contributed by atoms with van der Waals surface area (Å²) in [6.07, 6.45) is 6.10. The van der Waals surface area contributed by atoms with Gasteiger partial charge in [0, 0.05) is 22.6 Å². The molecule has 1 aliphatic carbocycles. The number of rotatable bonds is 11. The average Bonchev–Trinajstić information content (AvgIpc) is 3.00. The number of nitrogens with two attached hydrogens (primary N) is 1. The first kappa shape index (κ1) is 30.7. The van der Waals surface area contributed by atoms with Gasteiger partial charge in [0.05, 0.1) is 11.3 Å². The summed E-state index contributed by atoms with van der Waals surface area (Å²) in [7, 11) is 0. The van der Waals surface area contributed by atoms with Crippen LogP contribution in [-0.2, 0) is 26.5 Å². The fourth-order valence-electron chi connectivity index (χ4n) is 5.30. The molecule has 4 rings (SSSR count). The van der Waals surface area contributed by atoms with E-state index in [1.54, 1.807) is 36.4 Å². The lowest BCUT2D eigenvalue weighted by atomic mass is 9.93. The van der Waals surface area contributed by atoms with Crippen molar-refractivity contribution in [3.63, 3.8) is 0 Å². The van der Waals surface area contributed by atoms with Crippen LogP contribution in [0.25, 0.3) is 11.1 Å². The van der Waals surface area contributed by atoms with E-state index in [9.17, 15) is 9.59 Å². The molecule has 41 heavy (non-hydrogen) atoms. The van der Waals surface area contributed by atoms with Crippen molar-refractivity contribution in [2.24, 2.45) is 0 Å². The standard InChI is InChI=1S/C33H38BrFN2O4/c1-3-37(28-12-8-5-9-13-28)22-26-20-25(21-29(34)30(26)36)31(38)40-18-19-41-32(39)33(2,35)27-16-14-24(15-17-27)23-10-6-4-7-11-23/h4,6-7,10-11,14-17,20-21,28H,3,5,8-9,12-13,18-19,22,36H2,1-2H3. The maximum absolute atomic E-state index is 15.4. The van der Waals surface area contributed by atoms with E-state index in [1.807, 2.05) is 30.3 Å². The molecule has 0 bridgehead atoms. The second-order valence-electron chi connectivity index (χ2n) is 10.6. The minimum atomic E-state index is -2.35. The van der Waals surface area contributed by atoms with Gasteiger partial charge in [-0.1, -0.05) is 80.8 Å². The molecule has 2 N–H and O–H groups in total. The summed E-state index contributed by atoms with van der Waals surface area (Å²) in [5.74, 6) is -1.61. The molecule has 1 fully saturated rings. The SMILES string of the molecule is CCN(Cc1cc(C(=O)OCCOC(=O)C(C)(F)c2ccc(-c3ccccc3)cc2)cc(Br)c1N)C1CCCCC1. The van der Waals surface area contributed by atoms with Crippen molar-refractivity contribution in [1.82, 2.24) is 4.90 Å². The lowest BCUT2D eigenvalue weighted by molar-refractivity contribution is -0.158. The van der Waals surface area contributed by atoms with E-state index in [2.05, 4.69) is 27.8 Å². The van der Waals surface area contributed by atoms with E-state index in [0.29, 0.717) is 28.3 Å². The third-order valence-electron chi connectivity index (χ3n) is 7.79. The van der Waals surface area contributed by atoms with Crippen LogP contribution in [0.3, 0.4) is 0 Å². The molecule has 0 saturated heterocycles. The van der Waals surface area contributed by atoms with Gasteiger partial charge >= 0.3 is 11.9 Å². The molecule has 6 nitrogen and oxygen atoms in total. The zero-order chi connectivity index (χ0) is 29.4. The van der Waals surface area contributed by atoms with Gasteiger partial charge < -0.3 is 15.2 Å². The number of halogens is 2. The monoisotopic (exact) mass is 624 g/mol. The highest BCUT2D eigenvalue weighted by atomic mass is 79.9. The van der Waals surface area contributed by atoms with Gasteiger partial charge in [0.2, 0.25) is 5.67 Å². The first-order chi connectivity index (χ1) is 19.7. The van der Waals surface area contributed by atoms with Crippen LogP contribution in [0.5, 0.6) is 0 Å². The Bertz CT molecular complexity index is 1330. The Balaban J connectivity index is 1.31. The van der Waals surface area contributed by atoms with Gasteiger partial charge in [-0.15, -0.1) is 0 Å². The van der Waals surface area contributed by atoms with Crippen LogP contribution in [0.15, 0.2) is 71.2 Å². The van der Waals surface area contributed by atoms with Crippen molar-refractivity contribution < 1.29 is 23.5 Å². The van der Waals surface area contributed by atoms with Gasteiger partial charge in [0.15, 0.2) is 0 Å². The number of esters is 2. The second kappa shape index (κ2) is 14.1. The molecule has 0 heterocycles. The van der Waals surface area contributed by atoms with Crippen LogP contribution >= 0.6 is 15.9 Å². The second-order valence-corrected chi connectivity index (χ2v) is 11.5. The molecule has 0 amide bonds. The fraction of sp³-hybridized carbons (Fsp3) is 0.394. The first-order valence-corrected chi connectivity index (χ1v) is 15.0. The lowest BCUT2D eigenvalue weighted by Gasteiger charge is -2.34. The molecule has 1 saturated carbocycles. The number of carbonyl (C=O) groups is 2. The molecule has 3 aromatic rings. The third kappa shape index (κ3) is 7.74. The number of nitrogen functional groups attached to an aromatic ring is 1. The Kier molecular flexibility index (Phi) is 10.6. The largest absolute Gasteiger partial charge is 0.459 e. The van der Waals surface area contributed by atoms with E-state index in [1.165, 1.54) is 39.0 Å². The summed E-state index contributed by atoms with van der Waals surface area (Å²) in [4.78, 5) is 27.8. The Hall–Kier alpha value is -3.23. The molecular formula is C33H38BrFN2O4. The van der Waals surface area contributed by atoms with Crippen molar-refractivity contribution in [2.75, 3.05) is 25.5 Å².